The zero-order chi connectivity index (χ0) is 15.6. The summed E-state index contributed by atoms with van der Waals surface area (Å²) in [5, 5.41) is 6.48. The molecule has 6 N–H and O–H groups in total. The van der Waals surface area contributed by atoms with Gasteiger partial charge in [-0.2, -0.15) is 0 Å². The summed E-state index contributed by atoms with van der Waals surface area (Å²) in [6, 6.07) is 0. The zero-order valence-corrected chi connectivity index (χ0v) is 13.2. The SMILES string of the molecule is CCCC1(CNc2sc(C(N)=O)c(N)c2C(=O)NC)CC1. The van der Waals surface area contributed by atoms with Crippen LogP contribution in [0.25, 0.3) is 0 Å². The smallest absolute Gasteiger partial charge is 0.260 e. The van der Waals surface area contributed by atoms with Crippen molar-refractivity contribution in [1.82, 2.24) is 5.32 Å². The van der Waals surface area contributed by atoms with E-state index >= 15 is 0 Å². The first-order valence-corrected chi connectivity index (χ1v) is 7.94. The standard InChI is InChI=1S/C14H22N4O2S/c1-3-4-14(5-6-14)7-18-13-8(12(20)17-2)9(15)10(21-13)11(16)19/h18H,3-7,15H2,1-2H3,(H2,16,19)(H,17,20). The van der Waals surface area contributed by atoms with E-state index in [0.717, 1.165) is 24.3 Å². The van der Waals surface area contributed by atoms with Gasteiger partial charge in [0, 0.05) is 13.6 Å². The predicted octanol–water partition coefficient (Wildman–Crippen LogP) is 1.78. The predicted molar refractivity (Wildman–Crippen MR) is 85.7 cm³/mol. The molecule has 1 fully saturated rings. The lowest BCUT2D eigenvalue weighted by Gasteiger charge is -2.15. The second-order valence-corrected chi connectivity index (χ2v) is 6.62. The number of rotatable bonds is 7. The Bertz CT molecular complexity index is 564. The van der Waals surface area contributed by atoms with E-state index < -0.39 is 5.91 Å². The maximum absolute atomic E-state index is 12.0. The summed E-state index contributed by atoms with van der Waals surface area (Å²) in [6.45, 7) is 2.97. The summed E-state index contributed by atoms with van der Waals surface area (Å²) in [5.74, 6) is -0.913. The number of nitrogen functional groups attached to an aromatic ring is 1. The molecule has 0 spiro atoms. The average Bonchev–Trinajstić information content (AvgIpc) is 3.12. The van der Waals surface area contributed by atoms with Crippen LogP contribution in [0.15, 0.2) is 0 Å². The van der Waals surface area contributed by atoms with Gasteiger partial charge in [-0.25, -0.2) is 0 Å². The highest BCUT2D eigenvalue weighted by atomic mass is 32.1. The van der Waals surface area contributed by atoms with E-state index in [9.17, 15) is 9.59 Å². The molecule has 0 saturated heterocycles. The van der Waals surface area contributed by atoms with Crippen LogP contribution in [0.1, 0.15) is 52.6 Å². The Morgan fingerprint density at radius 2 is 2.05 bits per heavy atom. The lowest BCUT2D eigenvalue weighted by Crippen LogP contribution is -2.22. The maximum atomic E-state index is 12.0. The molecule has 0 aromatic carbocycles. The maximum Gasteiger partial charge on any atom is 0.260 e. The summed E-state index contributed by atoms with van der Waals surface area (Å²) in [5.41, 5.74) is 12.0. The van der Waals surface area contributed by atoms with E-state index in [-0.39, 0.29) is 16.5 Å². The highest BCUT2D eigenvalue weighted by Crippen LogP contribution is 2.50. The molecule has 1 aromatic heterocycles. The number of hydrogen-bond acceptors (Lipinski definition) is 5. The van der Waals surface area contributed by atoms with Crippen LogP contribution in [-0.4, -0.2) is 25.4 Å². The number of thiophene rings is 1. The van der Waals surface area contributed by atoms with Crippen molar-refractivity contribution in [1.29, 1.82) is 0 Å². The van der Waals surface area contributed by atoms with Gasteiger partial charge in [-0.05, 0) is 24.7 Å². The van der Waals surface area contributed by atoms with Crippen molar-refractivity contribution >= 4 is 33.8 Å². The van der Waals surface area contributed by atoms with Crippen molar-refractivity contribution in [2.24, 2.45) is 11.1 Å². The van der Waals surface area contributed by atoms with Crippen LogP contribution in [-0.2, 0) is 0 Å². The van der Waals surface area contributed by atoms with E-state index in [1.165, 1.54) is 26.3 Å². The minimum Gasteiger partial charge on any atom is -0.397 e. The first-order chi connectivity index (χ1) is 9.94. The molecule has 0 radical (unpaired) electrons. The Morgan fingerprint density at radius 3 is 2.52 bits per heavy atom. The van der Waals surface area contributed by atoms with Crippen LogP contribution in [0.4, 0.5) is 10.7 Å². The minimum absolute atomic E-state index is 0.162. The molecule has 0 aliphatic heterocycles. The number of hydrogen-bond donors (Lipinski definition) is 4. The number of carbonyl (C=O) groups excluding carboxylic acids is 2. The molecule has 1 aromatic rings. The summed E-state index contributed by atoms with van der Waals surface area (Å²) in [7, 11) is 1.53. The fourth-order valence-corrected chi connectivity index (χ4v) is 3.56. The van der Waals surface area contributed by atoms with Gasteiger partial charge in [0.2, 0.25) is 0 Å². The van der Waals surface area contributed by atoms with Gasteiger partial charge in [0.05, 0.1) is 11.3 Å². The Kier molecular flexibility index (Phi) is 4.41. The molecule has 6 nitrogen and oxygen atoms in total. The Labute approximate surface area is 128 Å². The Morgan fingerprint density at radius 1 is 1.38 bits per heavy atom. The number of nitrogens with two attached hydrogens (primary N) is 2. The van der Waals surface area contributed by atoms with Crippen molar-refractivity contribution < 1.29 is 9.59 Å². The first kappa shape index (κ1) is 15.6. The lowest BCUT2D eigenvalue weighted by molar-refractivity contribution is 0.0964. The Balaban J connectivity index is 2.23. The number of carbonyl (C=O) groups is 2. The molecule has 7 heteroatoms. The van der Waals surface area contributed by atoms with Gasteiger partial charge in [-0.3, -0.25) is 9.59 Å². The van der Waals surface area contributed by atoms with E-state index in [1.54, 1.807) is 0 Å². The van der Waals surface area contributed by atoms with Crippen molar-refractivity contribution in [3.63, 3.8) is 0 Å². The van der Waals surface area contributed by atoms with Crippen LogP contribution < -0.4 is 22.1 Å². The number of primary amides is 1. The third-order valence-corrected chi connectivity index (χ3v) is 5.16. The molecule has 1 aliphatic rings. The van der Waals surface area contributed by atoms with Crippen LogP contribution >= 0.6 is 11.3 Å². The summed E-state index contributed by atoms with van der Waals surface area (Å²) < 4.78 is 0. The quantitative estimate of drug-likeness (QED) is 0.615. The molecule has 1 heterocycles. The van der Waals surface area contributed by atoms with E-state index in [0.29, 0.717) is 16.0 Å². The molecule has 116 valence electrons. The molecular weight excluding hydrogens is 288 g/mol. The fraction of sp³-hybridized carbons (Fsp3) is 0.571. The highest BCUT2D eigenvalue weighted by molar-refractivity contribution is 7.19. The largest absolute Gasteiger partial charge is 0.397 e. The topological polar surface area (TPSA) is 110 Å². The monoisotopic (exact) mass is 310 g/mol. The first-order valence-electron chi connectivity index (χ1n) is 7.12. The van der Waals surface area contributed by atoms with Crippen LogP contribution in [0, 0.1) is 5.41 Å². The third-order valence-electron chi connectivity index (χ3n) is 3.98. The fourth-order valence-electron chi connectivity index (χ4n) is 2.59. The molecule has 1 saturated carbocycles. The van der Waals surface area contributed by atoms with Gasteiger partial charge in [-0.15, -0.1) is 11.3 Å². The van der Waals surface area contributed by atoms with E-state index in [4.69, 9.17) is 11.5 Å². The second-order valence-electron chi connectivity index (χ2n) is 5.60. The molecular formula is C14H22N4O2S. The minimum atomic E-state index is -0.606. The molecule has 2 rings (SSSR count). The van der Waals surface area contributed by atoms with E-state index in [2.05, 4.69) is 17.6 Å². The van der Waals surface area contributed by atoms with Crippen molar-refractivity contribution in [2.75, 3.05) is 24.6 Å². The molecule has 1 aliphatic carbocycles. The van der Waals surface area contributed by atoms with Crippen molar-refractivity contribution in [3.8, 4) is 0 Å². The van der Waals surface area contributed by atoms with Crippen LogP contribution in [0.3, 0.4) is 0 Å². The zero-order valence-electron chi connectivity index (χ0n) is 12.4. The van der Waals surface area contributed by atoms with Crippen molar-refractivity contribution in [2.45, 2.75) is 32.6 Å². The Hall–Kier alpha value is -1.76. The highest BCUT2D eigenvalue weighted by Gasteiger charge is 2.41. The number of nitrogens with one attached hydrogen (secondary N) is 2. The van der Waals surface area contributed by atoms with Gasteiger partial charge in [-0.1, -0.05) is 13.3 Å². The molecule has 0 atom stereocenters. The molecule has 0 unspecified atom stereocenters. The molecule has 0 bridgehead atoms. The summed E-state index contributed by atoms with van der Waals surface area (Å²) in [6.07, 6.45) is 4.71. The van der Waals surface area contributed by atoms with Crippen LogP contribution in [0.2, 0.25) is 0 Å². The summed E-state index contributed by atoms with van der Waals surface area (Å²) in [4.78, 5) is 23.6. The molecule has 2 amide bonds. The summed E-state index contributed by atoms with van der Waals surface area (Å²) >= 11 is 1.15. The van der Waals surface area contributed by atoms with Gasteiger partial charge in [0.1, 0.15) is 9.88 Å². The molecule has 21 heavy (non-hydrogen) atoms. The van der Waals surface area contributed by atoms with Gasteiger partial charge in [0.25, 0.3) is 11.8 Å². The number of amides is 2. The van der Waals surface area contributed by atoms with E-state index in [1.807, 2.05) is 0 Å². The normalized spacial score (nSPS) is 15.5. The van der Waals surface area contributed by atoms with Gasteiger partial charge < -0.3 is 22.1 Å². The third kappa shape index (κ3) is 3.12. The number of anilines is 2. The lowest BCUT2D eigenvalue weighted by atomic mass is 10.0. The second kappa shape index (κ2) is 5.93. The van der Waals surface area contributed by atoms with Gasteiger partial charge >= 0.3 is 0 Å². The van der Waals surface area contributed by atoms with Crippen molar-refractivity contribution in [3.05, 3.63) is 10.4 Å². The average molecular weight is 310 g/mol. The van der Waals surface area contributed by atoms with Crippen LogP contribution in [0.5, 0.6) is 0 Å². The van der Waals surface area contributed by atoms with Gasteiger partial charge in [0.15, 0.2) is 0 Å².